The van der Waals surface area contributed by atoms with E-state index in [1.165, 1.54) is 25.7 Å². The van der Waals surface area contributed by atoms with E-state index in [1.807, 2.05) is 6.07 Å². The molecule has 1 amide bonds. The Kier molecular flexibility index (Phi) is 5.64. The van der Waals surface area contributed by atoms with Crippen molar-refractivity contribution in [2.75, 3.05) is 7.11 Å². The molecule has 7 heteroatoms. The van der Waals surface area contributed by atoms with Gasteiger partial charge in [0.1, 0.15) is 0 Å². The summed E-state index contributed by atoms with van der Waals surface area (Å²) in [7, 11) is 1.46. The molecular weight excluding hydrogens is 348 g/mol. The predicted octanol–water partition coefficient (Wildman–Crippen LogP) is 3.27. The third-order valence-electron chi connectivity index (χ3n) is 3.53. The highest BCUT2D eigenvalue weighted by Crippen LogP contribution is 2.28. The molecule has 3 rings (SSSR count). The van der Waals surface area contributed by atoms with Crippen LogP contribution in [-0.2, 0) is 0 Å². The fourth-order valence-corrected chi connectivity index (χ4v) is 2.21. The number of esters is 1. The molecule has 3 aromatic rings. The van der Waals surface area contributed by atoms with Gasteiger partial charge in [-0.05, 0) is 48.0 Å². The fourth-order valence-electron chi connectivity index (χ4n) is 2.21. The molecule has 0 bridgehead atoms. The number of carbonyl (C=O) groups excluding carboxylic acids is 2. The lowest BCUT2D eigenvalue weighted by Crippen LogP contribution is -2.17. The molecule has 0 radical (unpaired) electrons. The van der Waals surface area contributed by atoms with Crippen LogP contribution in [0.5, 0.6) is 11.5 Å². The lowest BCUT2D eigenvalue weighted by molar-refractivity contribution is 0.0696. The lowest BCUT2D eigenvalue weighted by atomic mass is 10.2. The van der Waals surface area contributed by atoms with Gasteiger partial charge in [-0.3, -0.25) is 4.79 Å². The van der Waals surface area contributed by atoms with E-state index in [4.69, 9.17) is 13.9 Å². The molecule has 27 heavy (non-hydrogen) atoms. The van der Waals surface area contributed by atoms with Crippen LogP contribution in [0.25, 0.3) is 0 Å². The number of ether oxygens (including phenoxy) is 2. The third-order valence-corrected chi connectivity index (χ3v) is 3.53. The number of hydrogen-bond acceptors (Lipinski definition) is 6. The molecule has 0 atom stereocenters. The molecule has 0 aliphatic rings. The molecule has 0 unspecified atom stereocenters. The van der Waals surface area contributed by atoms with Crippen LogP contribution in [0.15, 0.2) is 76.4 Å². The molecule has 0 fully saturated rings. The molecule has 1 heterocycles. The number of amides is 1. The number of nitrogens with zero attached hydrogens (tertiary/aromatic N) is 1. The van der Waals surface area contributed by atoms with Crippen LogP contribution in [0.2, 0.25) is 0 Å². The Hall–Kier alpha value is -3.87. The zero-order valence-electron chi connectivity index (χ0n) is 14.4. The maximum absolute atomic E-state index is 12.0. The number of nitrogens with one attached hydrogen (secondary N) is 1. The molecule has 0 saturated heterocycles. The van der Waals surface area contributed by atoms with E-state index in [0.717, 1.165) is 0 Å². The summed E-state index contributed by atoms with van der Waals surface area (Å²) in [6.45, 7) is 0. The highest BCUT2D eigenvalue weighted by molar-refractivity contribution is 5.95. The van der Waals surface area contributed by atoms with Gasteiger partial charge in [0.15, 0.2) is 11.5 Å². The van der Waals surface area contributed by atoms with E-state index in [2.05, 4.69) is 10.5 Å². The highest BCUT2D eigenvalue weighted by atomic mass is 16.6. The molecule has 1 N–H and O–H groups in total. The Bertz CT molecular complexity index is 950. The molecule has 0 saturated carbocycles. The zero-order valence-corrected chi connectivity index (χ0v) is 14.4. The van der Waals surface area contributed by atoms with Gasteiger partial charge in [0.2, 0.25) is 5.76 Å². The van der Waals surface area contributed by atoms with Crippen LogP contribution in [0.3, 0.4) is 0 Å². The van der Waals surface area contributed by atoms with Crippen LogP contribution in [0, 0.1) is 0 Å². The van der Waals surface area contributed by atoms with Crippen molar-refractivity contribution in [2.24, 2.45) is 5.10 Å². The standard InChI is InChI=1S/C20H16N2O5/c1-25-18-12-14(13-21-22-19(23)15-6-3-2-4-7-15)9-10-16(18)27-20(24)17-8-5-11-26-17/h2-13H,1H3,(H,22,23)/b21-13+. The second-order valence-corrected chi connectivity index (χ2v) is 5.34. The second kappa shape index (κ2) is 8.48. The molecule has 2 aromatic carbocycles. The van der Waals surface area contributed by atoms with Crippen molar-refractivity contribution in [3.63, 3.8) is 0 Å². The van der Waals surface area contributed by atoms with Crippen molar-refractivity contribution in [1.82, 2.24) is 5.43 Å². The second-order valence-electron chi connectivity index (χ2n) is 5.34. The van der Waals surface area contributed by atoms with Crippen LogP contribution >= 0.6 is 0 Å². The topological polar surface area (TPSA) is 90.1 Å². The van der Waals surface area contributed by atoms with Crippen LogP contribution in [0.1, 0.15) is 26.5 Å². The van der Waals surface area contributed by atoms with Gasteiger partial charge in [-0.25, -0.2) is 10.2 Å². The minimum absolute atomic E-state index is 0.0892. The Morgan fingerprint density at radius 2 is 1.85 bits per heavy atom. The summed E-state index contributed by atoms with van der Waals surface area (Å²) in [6, 6.07) is 16.7. The van der Waals surface area contributed by atoms with Crippen molar-refractivity contribution in [1.29, 1.82) is 0 Å². The molecular formula is C20H16N2O5. The van der Waals surface area contributed by atoms with Crippen molar-refractivity contribution in [2.45, 2.75) is 0 Å². The minimum atomic E-state index is -0.630. The monoisotopic (exact) mass is 364 g/mol. The molecule has 0 spiro atoms. The average molecular weight is 364 g/mol. The molecule has 7 nitrogen and oxygen atoms in total. The van der Waals surface area contributed by atoms with Gasteiger partial charge in [-0.1, -0.05) is 18.2 Å². The smallest absolute Gasteiger partial charge is 0.379 e. The molecule has 1 aromatic heterocycles. The summed E-state index contributed by atoms with van der Waals surface area (Å²) in [5.74, 6) is -0.276. The van der Waals surface area contributed by atoms with Gasteiger partial charge in [-0.15, -0.1) is 0 Å². The van der Waals surface area contributed by atoms with Crippen molar-refractivity contribution in [3.05, 3.63) is 83.8 Å². The Morgan fingerprint density at radius 1 is 1.04 bits per heavy atom. The summed E-state index contributed by atoms with van der Waals surface area (Å²) < 4.78 is 15.5. The largest absolute Gasteiger partial charge is 0.493 e. The first-order valence-electron chi connectivity index (χ1n) is 7.99. The lowest BCUT2D eigenvalue weighted by Gasteiger charge is -2.09. The SMILES string of the molecule is COc1cc(/C=N/NC(=O)c2ccccc2)ccc1OC(=O)c1ccco1. The first kappa shape index (κ1) is 17.9. The third kappa shape index (κ3) is 4.60. The van der Waals surface area contributed by atoms with Gasteiger partial charge < -0.3 is 13.9 Å². The van der Waals surface area contributed by atoms with E-state index in [1.54, 1.807) is 48.5 Å². The quantitative estimate of drug-likeness (QED) is 0.314. The molecule has 0 aliphatic heterocycles. The van der Waals surface area contributed by atoms with Gasteiger partial charge in [0.25, 0.3) is 5.91 Å². The maximum Gasteiger partial charge on any atom is 0.379 e. The Balaban J connectivity index is 1.66. The minimum Gasteiger partial charge on any atom is -0.493 e. The number of rotatable bonds is 6. The number of benzene rings is 2. The first-order chi connectivity index (χ1) is 13.2. The zero-order chi connectivity index (χ0) is 19.1. The Labute approximate surface area is 155 Å². The van der Waals surface area contributed by atoms with E-state index in [0.29, 0.717) is 16.9 Å². The van der Waals surface area contributed by atoms with E-state index in [-0.39, 0.29) is 17.4 Å². The summed E-state index contributed by atoms with van der Waals surface area (Å²) in [4.78, 5) is 23.9. The van der Waals surface area contributed by atoms with E-state index in [9.17, 15) is 9.59 Å². The van der Waals surface area contributed by atoms with Crippen molar-refractivity contribution >= 4 is 18.1 Å². The van der Waals surface area contributed by atoms with E-state index < -0.39 is 5.97 Å². The number of hydrogen-bond donors (Lipinski definition) is 1. The van der Waals surface area contributed by atoms with Crippen LogP contribution < -0.4 is 14.9 Å². The van der Waals surface area contributed by atoms with Gasteiger partial charge in [-0.2, -0.15) is 5.10 Å². The number of methoxy groups -OCH3 is 1. The van der Waals surface area contributed by atoms with Crippen molar-refractivity contribution in [3.8, 4) is 11.5 Å². The normalized spacial score (nSPS) is 10.6. The molecule has 136 valence electrons. The first-order valence-corrected chi connectivity index (χ1v) is 7.99. The fraction of sp³-hybridized carbons (Fsp3) is 0.0500. The van der Waals surface area contributed by atoms with Crippen molar-refractivity contribution < 1.29 is 23.5 Å². The summed E-state index contributed by atoms with van der Waals surface area (Å²) >= 11 is 0. The maximum atomic E-state index is 12.0. The molecule has 0 aliphatic carbocycles. The van der Waals surface area contributed by atoms with Crippen LogP contribution in [-0.4, -0.2) is 25.2 Å². The highest BCUT2D eigenvalue weighted by Gasteiger charge is 2.14. The average Bonchev–Trinajstić information content (AvgIpc) is 3.24. The summed E-state index contributed by atoms with van der Waals surface area (Å²) in [5.41, 5.74) is 3.60. The predicted molar refractivity (Wildman–Crippen MR) is 98.2 cm³/mol. The van der Waals surface area contributed by atoms with Gasteiger partial charge in [0.05, 0.1) is 19.6 Å². The number of hydrazone groups is 1. The summed E-state index contributed by atoms with van der Waals surface area (Å²) in [5, 5.41) is 3.92. The van der Waals surface area contributed by atoms with Gasteiger partial charge >= 0.3 is 5.97 Å². The number of carbonyl (C=O) groups is 2. The van der Waals surface area contributed by atoms with E-state index >= 15 is 0 Å². The number of furan rings is 1. The van der Waals surface area contributed by atoms with Gasteiger partial charge in [0, 0.05) is 5.56 Å². The Morgan fingerprint density at radius 3 is 2.56 bits per heavy atom. The summed E-state index contributed by atoms with van der Waals surface area (Å²) in [6.07, 6.45) is 2.85. The van der Waals surface area contributed by atoms with Crippen LogP contribution in [0.4, 0.5) is 0 Å².